The van der Waals surface area contributed by atoms with Crippen LogP contribution in [0, 0.1) is 0 Å². The van der Waals surface area contributed by atoms with Crippen molar-refractivity contribution < 1.29 is 14.0 Å². The van der Waals surface area contributed by atoms with Gasteiger partial charge >= 0.3 is 0 Å². The summed E-state index contributed by atoms with van der Waals surface area (Å²) in [5.41, 5.74) is 0. The molecule has 0 heterocycles. The Hall–Kier alpha value is -1.41. The normalized spacial score (nSPS) is 9.76. The van der Waals surface area contributed by atoms with Crippen LogP contribution in [0.25, 0.3) is 0 Å². The summed E-state index contributed by atoms with van der Waals surface area (Å²) in [6.07, 6.45) is 0. The predicted molar refractivity (Wildman–Crippen MR) is 91.5 cm³/mol. The van der Waals surface area contributed by atoms with Gasteiger partial charge in [-0.05, 0) is 6.66 Å². The van der Waals surface area contributed by atoms with Crippen LogP contribution in [0.5, 0.6) is 0 Å². The molecule has 0 aliphatic carbocycles. The zero-order chi connectivity index (χ0) is 16.1. The predicted octanol–water partition coefficient (Wildman–Crippen LogP) is 3.16. The van der Waals surface area contributed by atoms with E-state index in [-0.39, 0.29) is 0 Å². The Labute approximate surface area is 128 Å². The molecule has 21 heavy (non-hydrogen) atoms. The standard InChI is InChI=1S/C13H13OP.2C2H6O/c1-15(14,12-8-4-2-5-9-12)13-10-6-3-7-11-13;2*1-3-2/h2-11H,1H3;2*1-2H3. The lowest BCUT2D eigenvalue weighted by Gasteiger charge is -2.13. The first-order chi connectivity index (χ1) is 10.0. The molecule has 0 radical (unpaired) electrons. The number of rotatable bonds is 2. The molecule has 0 bridgehead atoms. The highest BCUT2D eigenvalue weighted by atomic mass is 31.2. The van der Waals surface area contributed by atoms with E-state index in [1.807, 2.05) is 67.3 Å². The largest absolute Gasteiger partial charge is 0.388 e. The highest BCUT2D eigenvalue weighted by Gasteiger charge is 2.19. The summed E-state index contributed by atoms with van der Waals surface area (Å²) >= 11 is 0. The molecule has 0 unspecified atom stereocenters. The van der Waals surface area contributed by atoms with Gasteiger partial charge in [0.1, 0.15) is 7.14 Å². The molecule has 116 valence electrons. The lowest BCUT2D eigenvalue weighted by Crippen LogP contribution is -2.14. The lowest BCUT2D eigenvalue weighted by atomic mass is 10.4. The van der Waals surface area contributed by atoms with E-state index in [9.17, 15) is 4.57 Å². The molecule has 3 nitrogen and oxygen atoms in total. The molecule has 4 heteroatoms. The number of hydrogen-bond donors (Lipinski definition) is 0. The van der Waals surface area contributed by atoms with Gasteiger partial charge in [0.05, 0.1) is 0 Å². The van der Waals surface area contributed by atoms with Crippen LogP contribution in [0.2, 0.25) is 0 Å². The molecule has 2 aromatic rings. The Morgan fingerprint density at radius 1 is 0.667 bits per heavy atom. The van der Waals surface area contributed by atoms with Gasteiger partial charge in [-0.2, -0.15) is 0 Å². The minimum atomic E-state index is -2.40. The second kappa shape index (κ2) is 11.3. The molecular weight excluding hydrogens is 283 g/mol. The van der Waals surface area contributed by atoms with Crippen LogP contribution in [-0.4, -0.2) is 35.1 Å². The Bertz CT molecular complexity index is 467. The van der Waals surface area contributed by atoms with Crippen molar-refractivity contribution in [3.8, 4) is 0 Å². The fourth-order valence-electron chi connectivity index (χ4n) is 1.57. The second-order valence-electron chi connectivity index (χ2n) is 4.41. The van der Waals surface area contributed by atoms with Crippen molar-refractivity contribution >= 4 is 17.8 Å². The van der Waals surface area contributed by atoms with Crippen LogP contribution >= 0.6 is 7.14 Å². The maximum absolute atomic E-state index is 12.6. The summed E-state index contributed by atoms with van der Waals surface area (Å²) in [6.45, 7) is 1.82. The van der Waals surface area contributed by atoms with Crippen molar-refractivity contribution in [1.29, 1.82) is 0 Å². The Morgan fingerprint density at radius 2 is 0.905 bits per heavy atom. The maximum Gasteiger partial charge on any atom is 0.140 e. The molecule has 2 aromatic carbocycles. The monoisotopic (exact) mass is 308 g/mol. The van der Waals surface area contributed by atoms with Crippen molar-refractivity contribution in [2.75, 3.05) is 35.1 Å². The van der Waals surface area contributed by atoms with E-state index in [2.05, 4.69) is 9.47 Å². The number of hydrogen-bond acceptors (Lipinski definition) is 3. The van der Waals surface area contributed by atoms with E-state index in [0.29, 0.717) is 0 Å². The summed E-state index contributed by atoms with van der Waals surface area (Å²) in [6, 6.07) is 19.3. The van der Waals surface area contributed by atoms with Gasteiger partial charge in [-0.25, -0.2) is 0 Å². The highest BCUT2D eigenvalue weighted by molar-refractivity contribution is 7.78. The highest BCUT2D eigenvalue weighted by Crippen LogP contribution is 2.38. The van der Waals surface area contributed by atoms with E-state index in [1.54, 1.807) is 28.4 Å². The molecule has 0 aliphatic heterocycles. The van der Waals surface area contributed by atoms with Crippen molar-refractivity contribution in [2.45, 2.75) is 0 Å². The van der Waals surface area contributed by atoms with E-state index in [1.165, 1.54) is 0 Å². The zero-order valence-electron chi connectivity index (χ0n) is 13.4. The van der Waals surface area contributed by atoms with Gasteiger partial charge in [-0.15, -0.1) is 0 Å². The maximum atomic E-state index is 12.6. The summed E-state index contributed by atoms with van der Waals surface area (Å²) in [7, 11) is 4.10. The smallest absolute Gasteiger partial charge is 0.140 e. The summed E-state index contributed by atoms with van der Waals surface area (Å²) < 4.78 is 21.1. The Kier molecular flexibility index (Phi) is 10.5. The topological polar surface area (TPSA) is 35.5 Å². The van der Waals surface area contributed by atoms with Gasteiger partial charge in [0.25, 0.3) is 0 Å². The van der Waals surface area contributed by atoms with Crippen molar-refractivity contribution in [3.63, 3.8) is 0 Å². The molecule has 0 aromatic heterocycles. The first kappa shape index (κ1) is 19.6. The fourth-order valence-corrected chi connectivity index (χ4v) is 3.35. The molecule has 0 aliphatic rings. The van der Waals surface area contributed by atoms with Crippen LogP contribution in [-0.2, 0) is 14.0 Å². The number of benzene rings is 2. The minimum absolute atomic E-state index is 0.913. The number of methoxy groups -OCH3 is 2. The van der Waals surface area contributed by atoms with Gasteiger partial charge in [0, 0.05) is 39.0 Å². The SMILES string of the molecule is COC.COC.CP(=O)(c1ccccc1)c1ccccc1. The van der Waals surface area contributed by atoms with E-state index in [4.69, 9.17) is 0 Å². The molecule has 0 saturated carbocycles. The molecule has 0 spiro atoms. The van der Waals surface area contributed by atoms with Gasteiger partial charge in [-0.1, -0.05) is 60.7 Å². The summed E-state index contributed by atoms with van der Waals surface area (Å²) in [4.78, 5) is 0. The molecule has 0 saturated heterocycles. The quantitative estimate of drug-likeness (QED) is 0.800. The van der Waals surface area contributed by atoms with Crippen LogP contribution in [0.3, 0.4) is 0 Å². The van der Waals surface area contributed by atoms with Gasteiger partial charge < -0.3 is 14.0 Å². The van der Waals surface area contributed by atoms with E-state index in [0.717, 1.165) is 10.6 Å². The molecule has 0 fully saturated rings. The van der Waals surface area contributed by atoms with Crippen molar-refractivity contribution in [1.82, 2.24) is 0 Å². The lowest BCUT2D eigenvalue weighted by molar-refractivity contribution is 0.277. The molecule has 0 atom stereocenters. The summed E-state index contributed by atoms with van der Waals surface area (Å²) in [5, 5.41) is 1.83. The zero-order valence-corrected chi connectivity index (χ0v) is 14.3. The number of ether oxygens (including phenoxy) is 2. The third kappa shape index (κ3) is 7.24. The molecular formula is C17H25O3P. The van der Waals surface area contributed by atoms with E-state index < -0.39 is 7.14 Å². The van der Waals surface area contributed by atoms with Gasteiger partial charge in [0.2, 0.25) is 0 Å². The second-order valence-corrected chi connectivity index (χ2v) is 7.29. The summed E-state index contributed by atoms with van der Waals surface area (Å²) in [5.74, 6) is 0. The van der Waals surface area contributed by atoms with Gasteiger partial charge in [-0.3, -0.25) is 0 Å². The average molecular weight is 308 g/mol. The third-order valence-corrected chi connectivity index (χ3v) is 5.06. The van der Waals surface area contributed by atoms with Crippen LogP contribution in [0.4, 0.5) is 0 Å². The van der Waals surface area contributed by atoms with Crippen LogP contribution < -0.4 is 10.6 Å². The third-order valence-electron chi connectivity index (χ3n) is 2.50. The first-order valence-electron chi connectivity index (χ1n) is 6.53. The van der Waals surface area contributed by atoms with Crippen LogP contribution in [0.1, 0.15) is 0 Å². The van der Waals surface area contributed by atoms with Crippen molar-refractivity contribution in [3.05, 3.63) is 60.7 Å². The van der Waals surface area contributed by atoms with E-state index >= 15 is 0 Å². The van der Waals surface area contributed by atoms with Crippen LogP contribution in [0.15, 0.2) is 60.7 Å². The Balaban J connectivity index is 0.000000578. The minimum Gasteiger partial charge on any atom is -0.388 e. The van der Waals surface area contributed by atoms with Crippen molar-refractivity contribution in [2.24, 2.45) is 0 Å². The first-order valence-corrected chi connectivity index (χ1v) is 8.69. The molecule has 0 N–H and O–H groups in total. The average Bonchev–Trinajstić information content (AvgIpc) is 2.51. The molecule has 2 rings (SSSR count). The van der Waals surface area contributed by atoms with Gasteiger partial charge in [0.15, 0.2) is 0 Å². The fraction of sp³-hybridized carbons (Fsp3) is 0.294. The molecule has 0 amide bonds. The Morgan fingerprint density at radius 3 is 1.14 bits per heavy atom.